The molecule has 0 aromatic rings. The Morgan fingerprint density at radius 1 is 1.15 bits per heavy atom. The van der Waals surface area contributed by atoms with Gasteiger partial charge in [0.15, 0.2) is 0 Å². The molecule has 0 saturated heterocycles. The van der Waals surface area contributed by atoms with Crippen molar-refractivity contribution in [2.24, 2.45) is 11.8 Å². The van der Waals surface area contributed by atoms with E-state index in [2.05, 4.69) is 82.3 Å². The van der Waals surface area contributed by atoms with Gasteiger partial charge in [0.2, 0.25) is 0 Å². The maximum atomic E-state index is 7.57. The van der Waals surface area contributed by atoms with Crippen LogP contribution >= 0.6 is 0 Å². The van der Waals surface area contributed by atoms with Crippen LogP contribution in [0.2, 0.25) is 0 Å². The average Bonchev–Trinajstić information content (AvgIpc) is 2.70. The summed E-state index contributed by atoms with van der Waals surface area (Å²) in [5.41, 5.74) is 1.27. The van der Waals surface area contributed by atoms with E-state index in [0.29, 0.717) is 5.92 Å². The summed E-state index contributed by atoms with van der Waals surface area (Å²) in [7, 11) is 2.17. The predicted octanol–water partition coefficient (Wildman–Crippen LogP) is 6.03. The summed E-state index contributed by atoms with van der Waals surface area (Å²) >= 11 is 0. The first-order valence-corrected chi connectivity index (χ1v) is 10.9. The first kappa shape index (κ1) is 30.7. The summed E-state index contributed by atoms with van der Waals surface area (Å²) in [4.78, 5) is 2.36. The van der Waals surface area contributed by atoms with E-state index in [-0.39, 0.29) is 6.61 Å². The number of allylic oxidation sites excluding steroid dienone is 5. The molecule has 0 amide bonds. The molecule has 0 saturated carbocycles. The molecule has 2 unspecified atom stereocenters. The Morgan fingerprint density at radius 3 is 2.22 bits per heavy atom. The van der Waals surface area contributed by atoms with Crippen LogP contribution in [0.3, 0.4) is 0 Å². The minimum absolute atomic E-state index is 0.250. The van der Waals surface area contributed by atoms with E-state index < -0.39 is 0 Å². The van der Waals surface area contributed by atoms with E-state index in [0.717, 1.165) is 25.3 Å². The van der Waals surface area contributed by atoms with Crippen LogP contribution in [0, 0.1) is 11.8 Å². The van der Waals surface area contributed by atoms with Gasteiger partial charge in [0, 0.05) is 25.4 Å². The largest absolute Gasteiger partial charge is 0.397 e. The molecule has 2 atom stereocenters. The van der Waals surface area contributed by atoms with Crippen molar-refractivity contribution in [2.75, 3.05) is 33.3 Å². The molecular formula is C24H50N2O. The molecule has 1 heterocycles. The Bertz CT molecular complexity index is 353. The zero-order chi connectivity index (χ0) is 21.5. The monoisotopic (exact) mass is 382 g/mol. The second-order valence-electron chi connectivity index (χ2n) is 6.75. The van der Waals surface area contributed by atoms with Gasteiger partial charge in [-0.3, -0.25) is 0 Å². The summed E-state index contributed by atoms with van der Waals surface area (Å²) in [5.74, 6) is 1.40. The minimum atomic E-state index is 0.250. The van der Waals surface area contributed by atoms with Crippen molar-refractivity contribution in [2.45, 2.75) is 74.7 Å². The SMILES string of the molecule is C/C1=C/C(C)/C=C\CC/C=C\CN1.CC.CCC(C)CN(C)CC.CCO. The molecule has 0 aliphatic carbocycles. The first-order chi connectivity index (χ1) is 12.9. The van der Waals surface area contributed by atoms with Gasteiger partial charge >= 0.3 is 0 Å². The molecule has 0 radical (unpaired) electrons. The molecule has 0 spiro atoms. The highest BCUT2D eigenvalue weighted by Crippen LogP contribution is 2.05. The Balaban J connectivity index is -0.000000359. The fourth-order valence-electron chi connectivity index (χ4n) is 2.22. The molecule has 0 fully saturated rings. The fraction of sp³-hybridized carbons (Fsp3) is 0.750. The second kappa shape index (κ2) is 24.9. The smallest absolute Gasteiger partial charge is 0.0402 e. The molecule has 0 bridgehead atoms. The van der Waals surface area contributed by atoms with E-state index >= 15 is 0 Å². The minimum Gasteiger partial charge on any atom is -0.397 e. The van der Waals surface area contributed by atoms with Crippen LogP contribution in [-0.4, -0.2) is 43.3 Å². The van der Waals surface area contributed by atoms with Crippen molar-refractivity contribution in [1.82, 2.24) is 10.2 Å². The highest BCUT2D eigenvalue weighted by Gasteiger charge is 2.00. The van der Waals surface area contributed by atoms with Crippen LogP contribution < -0.4 is 5.32 Å². The molecule has 2 N–H and O–H groups in total. The number of nitrogens with one attached hydrogen (secondary N) is 1. The number of aliphatic hydroxyl groups excluding tert-OH is 1. The van der Waals surface area contributed by atoms with Crippen LogP contribution in [0.4, 0.5) is 0 Å². The lowest BCUT2D eigenvalue weighted by Gasteiger charge is -2.17. The van der Waals surface area contributed by atoms with Gasteiger partial charge in [0.25, 0.3) is 0 Å². The molecule has 162 valence electrons. The average molecular weight is 383 g/mol. The van der Waals surface area contributed by atoms with Crippen molar-refractivity contribution < 1.29 is 5.11 Å². The van der Waals surface area contributed by atoms with Crippen molar-refractivity contribution in [3.05, 3.63) is 36.1 Å². The lowest BCUT2D eigenvalue weighted by molar-refractivity contribution is 0.295. The predicted molar refractivity (Wildman–Crippen MR) is 125 cm³/mol. The van der Waals surface area contributed by atoms with Crippen molar-refractivity contribution in [3.63, 3.8) is 0 Å². The molecule has 1 rings (SSSR count). The zero-order valence-corrected chi connectivity index (χ0v) is 19.9. The molecule has 3 nitrogen and oxygen atoms in total. The summed E-state index contributed by atoms with van der Waals surface area (Å²) in [5, 5.41) is 10.9. The highest BCUT2D eigenvalue weighted by atomic mass is 16.2. The third kappa shape index (κ3) is 27.3. The third-order valence-corrected chi connectivity index (χ3v) is 3.98. The Morgan fingerprint density at radius 2 is 1.70 bits per heavy atom. The number of hydrogen-bond acceptors (Lipinski definition) is 3. The summed E-state index contributed by atoms with van der Waals surface area (Å²) in [6.45, 7) is 20.4. The molecule has 1 aliphatic rings. The Hall–Kier alpha value is -1.06. The summed E-state index contributed by atoms with van der Waals surface area (Å²) in [6, 6.07) is 0. The van der Waals surface area contributed by atoms with Gasteiger partial charge in [0.1, 0.15) is 0 Å². The highest BCUT2D eigenvalue weighted by molar-refractivity contribution is 5.07. The standard InChI is InChI=1S/C12H19N.C8H19N.C2H6O.C2H6/c1-11-8-6-4-3-5-7-9-13-12(2)10-11;1-5-8(3)7-9(4)6-2;1-2-3;1-2/h5-8,10-11,13H,3-4,9H2,1-2H3;8H,5-7H2,1-4H3;3H,2H2,1H3;1-2H3/b7-5-,8-6-,12-10-;;;. The molecule has 3 heteroatoms. The molecule has 0 aromatic carbocycles. The van der Waals surface area contributed by atoms with Gasteiger partial charge in [-0.25, -0.2) is 0 Å². The quantitative estimate of drug-likeness (QED) is 0.583. The van der Waals surface area contributed by atoms with Gasteiger partial charge in [-0.2, -0.15) is 0 Å². The molecule has 0 aromatic heterocycles. The van der Waals surface area contributed by atoms with Crippen molar-refractivity contribution in [3.8, 4) is 0 Å². The topological polar surface area (TPSA) is 35.5 Å². The Labute approximate surface area is 171 Å². The lowest BCUT2D eigenvalue weighted by atomic mass is 10.1. The third-order valence-electron chi connectivity index (χ3n) is 3.98. The summed E-state index contributed by atoms with van der Waals surface area (Å²) < 4.78 is 0. The van der Waals surface area contributed by atoms with Crippen molar-refractivity contribution in [1.29, 1.82) is 0 Å². The van der Waals surface area contributed by atoms with E-state index in [1.54, 1.807) is 6.92 Å². The van der Waals surface area contributed by atoms with E-state index in [4.69, 9.17) is 5.11 Å². The van der Waals surface area contributed by atoms with Crippen LogP contribution in [-0.2, 0) is 0 Å². The number of aliphatic hydroxyl groups is 1. The number of hydrogen-bond donors (Lipinski definition) is 2. The van der Waals surface area contributed by atoms with Crippen LogP contribution in [0.25, 0.3) is 0 Å². The van der Waals surface area contributed by atoms with Crippen LogP contribution in [0.15, 0.2) is 36.1 Å². The fourth-order valence-corrected chi connectivity index (χ4v) is 2.22. The first-order valence-electron chi connectivity index (χ1n) is 10.9. The zero-order valence-electron chi connectivity index (χ0n) is 19.9. The van der Waals surface area contributed by atoms with Crippen molar-refractivity contribution >= 4 is 0 Å². The lowest BCUT2D eigenvalue weighted by Crippen LogP contribution is -2.23. The van der Waals surface area contributed by atoms with Gasteiger partial charge in [0.05, 0.1) is 0 Å². The van der Waals surface area contributed by atoms with Gasteiger partial charge < -0.3 is 15.3 Å². The molecule has 27 heavy (non-hydrogen) atoms. The maximum absolute atomic E-state index is 7.57. The summed E-state index contributed by atoms with van der Waals surface area (Å²) in [6.07, 6.45) is 14.8. The Kier molecular flexibility index (Phi) is 28.3. The second-order valence-corrected chi connectivity index (χ2v) is 6.75. The van der Waals surface area contributed by atoms with E-state index in [1.165, 1.54) is 25.2 Å². The number of rotatable bonds is 4. The number of nitrogens with zero attached hydrogens (tertiary/aromatic N) is 1. The van der Waals surface area contributed by atoms with Gasteiger partial charge in [-0.1, -0.05) is 78.3 Å². The maximum Gasteiger partial charge on any atom is 0.0402 e. The molecular weight excluding hydrogens is 332 g/mol. The van der Waals surface area contributed by atoms with Gasteiger partial charge in [-0.15, -0.1) is 0 Å². The van der Waals surface area contributed by atoms with Gasteiger partial charge in [-0.05, 0) is 52.1 Å². The van der Waals surface area contributed by atoms with Crippen LogP contribution in [0.1, 0.15) is 74.7 Å². The van der Waals surface area contributed by atoms with E-state index in [9.17, 15) is 0 Å². The normalized spacial score (nSPS) is 21.7. The van der Waals surface area contributed by atoms with Crippen LogP contribution in [0.5, 0.6) is 0 Å². The van der Waals surface area contributed by atoms with E-state index in [1.807, 2.05) is 13.8 Å². The molecule has 1 aliphatic heterocycles.